The number of primary amides is 1. The summed E-state index contributed by atoms with van der Waals surface area (Å²) >= 11 is 0. The van der Waals surface area contributed by atoms with Gasteiger partial charge < -0.3 is 11.1 Å². The number of nitrogens with two attached hydrogens (primary N) is 1. The van der Waals surface area contributed by atoms with Crippen LogP contribution in [0, 0.1) is 0 Å². The second-order valence-electron chi connectivity index (χ2n) is 6.40. The maximum atomic E-state index is 12.8. The van der Waals surface area contributed by atoms with Crippen LogP contribution in [0.25, 0.3) is 11.1 Å². The SMILES string of the molecule is NC(=O)c1ccc(-c2cccc(C(=O)NCc3cccc(C(F)(F)F)c3)c2)cc1. The van der Waals surface area contributed by atoms with E-state index in [2.05, 4.69) is 5.32 Å². The molecule has 0 bridgehead atoms. The van der Waals surface area contributed by atoms with Crippen LogP contribution < -0.4 is 11.1 Å². The van der Waals surface area contributed by atoms with E-state index in [9.17, 15) is 22.8 Å². The van der Waals surface area contributed by atoms with Gasteiger partial charge in [0.05, 0.1) is 5.56 Å². The van der Waals surface area contributed by atoms with Crippen LogP contribution in [0.3, 0.4) is 0 Å². The van der Waals surface area contributed by atoms with Crippen LogP contribution in [0.1, 0.15) is 31.8 Å². The van der Waals surface area contributed by atoms with Crippen LogP contribution in [-0.4, -0.2) is 11.8 Å². The van der Waals surface area contributed by atoms with Crippen molar-refractivity contribution in [3.05, 3.63) is 95.1 Å². The van der Waals surface area contributed by atoms with E-state index < -0.39 is 23.6 Å². The van der Waals surface area contributed by atoms with Crippen LogP contribution in [-0.2, 0) is 12.7 Å². The van der Waals surface area contributed by atoms with Gasteiger partial charge in [0, 0.05) is 17.7 Å². The molecule has 0 atom stereocenters. The van der Waals surface area contributed by atoms with Gasteiger partial charge in [-0.3, -0.25) is 9.59 Å². The van der Waals surface area contributed by atoms with E-state index in [4.69, 9.17) is 5.73 Å². The first-order chi connectivity index (χ1) is 13.7. The maximum Gasteiger partial charge on any atom is 0.416 e. The van der Waals surface area contributed by atoms with Crippen LogP contribution in [0.2, 0.25) is 0 Å². The molecule has 3 aromatic carbocycles. The highest BCUT2D eigenvalue weighted by atomic mass is 19.4. The molecule has 0 aliphatic rings. The molecule has 0 aliphatic carbocycles. The number of halogens is 3. The Kier molecular flexibility index (Phi) is 5.68. The van der Waals surface area contributed by atoms with Crippen molar-refractivity contribution in [3.8, 4) is 11.1 Å². The van der Waals surface area contributed by atoms with Gasteiger partial charge in [-0.15, -0.1) is 0 Å². The minimum absolute atomic E-state index is 0.0275. The molecule has 3 aromatic rings. The van der Waals surface area contributed by atoms with E-state index in [0.29, 0.717) is 16.7 Å². The molecule has 0 aromatic heterocycles. The fourth-order valence-electron chi connectivity index (χ4n) is 2.81. The highest BCUT2D eigenvalue weighted by Gasteiger charge is 2.30. The molecular formula is C22H17F3N2O2. The predicted octanol–water partition coefficient (Wildman–Crippen LogP) is 4.40. The van der Waals surface area contributed by atoms with Gasteiger partial charge in [-0.05, 0) is 53.1 Å². The lowest BCUT2D eigenvalue weighted by Gasteiger charge is -2.10. The first-order valence-electron chi connectivity index (χ1n) is 8.69. The zero-order valence-electron chi connectivity index (χ0n) is 15.2. The van der Waals surface area contributed by atoms with Crippen molar-refractivity contribution in [1.29, 1.82) is 0 Å². The Morgan fingerprint density at radius 3 is 2.17 bits per heavy atom. The van der Waals surface area contributed by atoms with Gasteiger partial charge in [-0.2, -0.15) is 13.2 Å². The smallest absolute Gasteiger partial charge is 0.366 e. The summed E-state index contributed by atoms with van der Waals surface area (Å²) in [6.07, 6.45) is -4.43. The third kappa shape index (κ3) is 5.01. The number of nitrogens with one attached hydrogen (secondary N) is 1. The number of hydrogen-bond donors (Lipinski definition) is 2. The van der Waals surface area contributed by atoms with Crippen LogP contribution in [0.5, 0.6) is 0 Å². The molecule has 0 aliphatic heterocycles. The minimum Gasteiger partial charge on any atom is -0.366 e. The molecule has 3 rings (SSSR count). The molecule has 148 valence electrons. The topological polar surface area (TPSA) is 72.2 Å². The summed E-state index contributed by atoms with van der Waals surface area (Å²) in [6, 6.07) is 18.3. The van der Waals surface area contributed by atoms with E-state index in [0.717, 1.165) is 23.3 Å². The van der Waals surface area contributed by atoms with Crippen molar-refractivity contribution >= 4 is 11.8 Å². The monoisotopic (exact) mass is 398 g/mol. The zero-order valence-corrected chi connectivity index (χ0v) is 15.2. The highest BCUT2D eigenvalue weighted by molar-refractivity contribution is 5.96. The maximum absolute atomic E-state index is 12.8. The van der Waals surface area contributed by atoms with Gasteiger partial charge in [0.25, 0.3) is 5.91 Å². The molecule has 7 heteroatoms. The number of rotatable bonds is 5. The Bertz CT molecular complexity index is 1040. The first kappa shape index (κ1) is 20.1. The van der Waals surface area contributed by atoms with Crippen molar-refractivity contribution in [2.24, 2.45) is 5.73 Å². The molecule has 0 spiro atoms. The van der Waals surface area contributed by atoms with E-state index in [1.54, 1.807) is 42.5 Å². The van der Waals surface area contributed by atoms with Gasteiger partial charge in [0.15, 0.2) is 0 Å². The quantitative estimate of drug-likeness (QED) is 0.669. The van der Waals surface area contributed by atoms with Crippen molar-refractivity contribution in [2.75, 3.05) is 0 Å². The summed E-state index contributed by atoms with van der Waals surface area (Å²) < 4.78 is 38.4. The molecule has 0 saturated heterocycles. The lowest BCUT2D eigenvalue weighted by Crippen LogP contribution is -2.23. The van der Waals surface area contributed by atoms with E-state index >= 15 is 0 Å². The molecule has 0 heterocycles. The molecule has 29 heavy (non-hydrogen) atoms. The number of benzene rings is 3. The normalized spacial score (nSPS) is 11.1. The zero-order chi connectivity index (χ0) is 21.0. The van der Waals surface area contributed by atoms with Crippen molar-refractivity contribution in [1.82, 2.24) is 5.32 Å². The second kappa shape index (κ2) is 8.18. The Morgan fingerprint density at radius 2 is 1.52 bits per heavy atom. The number of alkyl halides is 3. The molecule has 0 radical (unpaired) electrons. The molecule has 0 fully saturated rings. The van der Waals surface area contributed by atoms with Gasteiger partial charge in [0.2, 0.25) is 5.91 Å². The Labute approximate surface area is 165 Å². The average molecular weight is 398 g/mol. The fourth-order valence-corrected chi connectivity index (χ4v) is 2.81. The summed E-state index contributed by atoms with van der Waals surface area (Å²) in [5, 5.41) is 2.63. The minimum atomic E-state index is -4.43. The Hall–Kier alpha value is -3.61. The largest absolute Gasteiger partial charge is 0.416 e. The molecule has 4 nitrogen and oxygen atoms in total. The van der Waals surface area contributed by atoms with E-state index in [-0.39, 0.29) is 6.54 Å². The molecule has 2 amide bonds. The van der Waals surface area contributed by atoms with Crippen LogP contribution in [0.4, 0.5) is 13.2 Å². The Balaban J connectivity index is 1.72. The number of amides is 2. The number of carbonyl (C=O) groups excluding carboxylic acids is 2. The van der Waals surface area contributed by atoms with Crippen molar-refractivity contribution < 1.29 is 22.8 Å². The van der Waals surface area contributed by atoms with Crippen LogP contribution >= 0.6 is 0 Å². The van der Waals surface area contributed by atoms with Gasteiger partial charge in [-0.1, -0.05) is 36.4 Å². The summed E-state index contributed by atoms with van der Waals surface area (Å²) in [5.41, 5.74) is 7.12. The van der Waals surface area contributed by atoms with Gasteiger partial charge in [-0.25, -0.2) is 0 Å². The van der Waals surface area contributed by atoms with Gasteiger partial charge in [0.1, 0.15) is 0 Å². The third-order valence-corrected chi connectivity index (χ3v) is 4.33. The van der Waals surface area contributed by atoms with Crippen LogP contribution in [0.15, 0.2) is 72.8 Å². The number of hydrogen-bond acceptors (Lipinski definition) is 2. The molecule has 0 unspecified atom stereocenters. The predicted molar refractivity (Wildman–Crippen MR) is 103 cm³/mol. The fraction of sp³-hybridized carbons (Fsp3) is 0.0909. The number of carbonyl (C=O) groups is 2. The van der Waals surface area contributed by atoms with E-state index in [1.807, 2.05) is 6.07 Å². The summed E-state index contributed by atoms with van der Waals surface area (Å²) in [7, 11) is 0. The van der Waals surface area contributed by atoms with Crippen molar-refractivity contribution in [3.63, 3.8) is 0 Å². The average Bonchev–Trinajstić information content (AvgIpc) is 2.72. The molecule has 0 saturated carbocycles. The lowest BCUT2D eigenvalue weighted by atomic mass is 10.0. The Morgan fingerprint density at radius 1 is 0.828 bits per heavy atom. The first-order valence-corrected chi connectivity index (χ1v) is 8.69. The third-order valence-electron chi connectivity index (χ3n) is 4.33. The second-order valence-corrected chi connectivity index (χ2v) is 6.40. The van der Waals surface area contributed by atoms with Crippen molar-refractivity contribution in [2.45, 2.75) is 12.7 Å². The van der Waals surface area contributed by atoms with Gasteiger partial charge >= 0.3 is 6.18 Å². The summed E-state index contributed by atoms with van der Waals surface area (Å²) in [4.78, 5) is 23.6. The molecule has 3 N–H and O–H groups in total. The molecular weight excluding hydrogens is 381 g/mol. The standard InChI is InChI=1S/C22H17F3N2O2/c23-22(24,25)19-6-1-3-14(11-19)13-27-21(29)18-5-2-4-17(12-18)15-7-9-16(10-8-15)20(26)28/h1-12H,13H2,(H2,26,28)(H,27,29). The lowest BCUT2D eigenvalue weighted by molar-refractivity contribution is -0.137. The van der Waals surface area contributed by atoms with E-state index in [1.165, 1.54) is 12.1 Å². The highest BCUT2D eigenvalue weighted by Crippen LogP contribution is 2.29. The summed E-state index contributed by atoms with van der Waals surface area (Å²) in [5.74, 6) is -0.933. The summed E-state index contributed by atoms with van der Waals surface area (Å²) in [6.45, 7) is -0.0275.